The third kappa shape index (κ3) is 3.52. The number of methoxy groups -OCH3 is 2. The Morgan fingerprint density at radius 3 is 2.38 bits per heavy atom. The lowest BCUT2D eigenvalue weighted by molar-refractivity contribution is -0.142. The van der Waals surface area contributed by atoms with Crippen molar-refractivity contribution in [3.05, 3.63) is 32.2 Å². The molecule has 12 heteroatoms. The molecule has 0 unspecified atom stereocenters. The molecule has 3 heterocycles. The first-order valence-corrected chi connectivity index (χ1v) is 13.9. The fourth-order valence-electron chi connectivity index (χ4n) is 7.15. The molecule has 2 aromatic rings. The van der Waals surface area contributed by atoms with Crippen molar-refractivity contribution in [2.45, 2.75) is 35.5 Å². The minimum absolute atomic E-state index is 0.00938. The summed E-state index contributed by atoms with van der Waals surface area (Å²) in [5, 5.41) is 20.3. The van der Waals surface area contributed by atoms with Gasteiger partial charge in [-0.25, -0.2) is 0 Å². The SMILES string of the molecule is COc1cc([C@@H]2c3sc(=O)[nH]c3S[C@@H]3[C@H]4C[C@@H]([C@@H]5C(=O)N(CCCC(=O)O)C(=O)[C@@H]45)[C@H]23)cc(OC)c1O. The van der Waals surface area contributed by atoms with Crippen molar-refractivity contribution in [1.82, 2.24) is 9.88 Å². The number of carboxylic acid groups (broad SMARTS) is 1. The van der Waals surface area contributed by atoms with E-state index in [0.717, 1.165) is 33.2 Å². The number of thiazole rings is 1. The number of thioether (sulfide) groups is 1. The van der Waals surface area contributed by atoms with E-state index in [1.807, 2.05) is 0 Å². The maximum Gasteiger partial charge on any atom is 0.305 e. The van der Waals surface area contributed by atoms with E-state index in [1.54, 1.807) is 23.9 Å². The van der Waals surface area contributed by atoms with E-state index in [9.17, 15) is 24.3 Å². The average Bonchev–Trinajstić information content (AvgIpc) is 3.59. The number of ether oxygens (including phenoxy) is 2. The van der Waals surface area contributed by atoms with Crippen LogP contribution in [0.2, 0.25) is 0 Å². The van der Waals surface area contributed by atoms with Crippen LogP contribution in [0.3, 0.4) is 0 Å². The Balaban J connectivity index is 1.41. The second-order valence-electron chi connectivity index (χ2n) is 10.1. The number of amides is 2. The van der Waals surface area contributed by atoms with Gasteiger partial charge in [0.25, 0.3) is 0 Å². The zero-order valence-corrected chi connectivity index (χ0v) is 21.8. The molecule has 7 atom stereocenters. The first-order chi connectivity index (χ1) is 17.7. The Kier molecular flexibility index (Phi) is 5.79. The number of imide groups is 1. The number of phenolic OH excluding ortho intramolecular Hbond substituents is 1. The quantitative estimate of drug-likeness (QED) is 0.446. The van der Waals surface area contributed by atoms with Crippen LogP contribution in [0.25, 0.3) is 0 Å². The number of hydrogen-bond donors (Lipinski definition) is 3. The number of H-pyrrole nitrogens is 1. The summed E-state index contributed by atoms with van der Waals surface area (Å²) >= 11 is 2.74. The Morgan fingerprint density at radius 1 is 1.11 bits per heavy atom. The van der Waals surface area contributed by atoms with Gasteiger partial charge in [0.1, 0.15) is 0 Å². The highest BCUT2D eigenvalue weighted by molar-refractivity contribution is 8.00. The lowest BCUT2D eigenvalue weighted by atomic mass is 9.68. The fourth-order valence-corrected chi connectivity index (χ4v) is 10.0. The van der Waals surface area contributed by atoms with Crippen LogP contribution in [0.4, 0.5) is 0 Å². The molecule has 3 N–H and O–H groups in total. The number of aromatic hydroxyl groups is 1. The van der Waals surface area contributed by atoms with Gasteiger partial charge in [0.05, 0.1) is 31.1 Å². The molecule has 1 aromatic heterocycles. The summed E-state index contributed by atoms with van der Waals surface area (Å²) in [7, 11) is 2.92. The maximum absolute atomic E-state index is 13.5. The molecule has 196 valence electrons. The van der Waals surface area contributed by atoms with Crippen LogP contribution in [-0.2, 0) is 14.4 Å². The number of phenols is 1. The van der Waals surface area contributed by atoms with Gasteiger partial charge in [-0.05, 0) is 48.3 Å². The van der Waals surface area contributed by atoms with Crippen molar-refractivity contribution in [2.75, 3.05) is 20.8 Å². The lowest BCUT2D eigenvalue weighted by Crippen LogP contribution is -2.42. The molecule has 0 radical (unpaired) electrons. The minimum Gasteiger partial charge on any atom is -0.502 e. The van der Waals surface area contributed by atoms with Crippen molar-refractivity contribution in [3.8, 4) is 17.2 Å². The van der Waals surface area contributed by atoms with Crippen LogP contribution in [0.15, 0.2) is 22.0 Å². The lowest BCUT2D eigenvalue weighted by Gasteiger charge is -2.43. The molecule has 0 spiro atoms. The summed E-state index contributed by atoms with van der Waals surface area (Å²) in [6, 6.07) is 3.51. The second kappa shape index (κ2) is 8.80. The zero-order chi connectivity index (χ0) is 26.2. The van der Waals surface area contributed by atoms with Crippen molar-refractivity contribution in [3.63, 3.8) is 0 Å². The molecule has 2 saturated carbocycles. The molecule has 1 aromatic carbocycles. The first kappa shape index (κ1) is 24.4. The molecular formula is C25H26N2O8S2. The highest BCUT2D eigenvalue weighted by atomic mass is 32.2. The molecule has 2 bridgehead atoms. The molecule has 6 rings (SSSR count). The van der Waals surface area contributed by atoms with Crippen LogP contribution < -0.4 is 14.3 Å². The standard InChI is InChI=1S/C25H26N2O8S2/c1-34-12-6-9(7-13(35-2)19(12)30)15-16-10-8-11(20(16)36-22-21(15)37-25(33)26-22)18-17(10)23(31)27(24(18)32)5-3-4-14(28)29/h6-7,10-11,15-18,20,30H,3-5,8H2,1-2H3,(H,26,33)(H,28,29)/t10-,11+,15+,16-,17+,18+,20-/m1/s1. The number of nitrogens with zero attached hydrogens (tertiary/aromatic N) is 1. The van der Waals surface area contributed by atoms with Gasteiger partial charge in [0, 0.05) is 29.0 Å². The number of carbonyl (C=O) groups is 3. The van der Waals surface area contributed by atoms with E-state index in [4.69, 9.17) is 14.6 Å². The van der Waals surface area contributed by atoms with Gasteiger partial charge >= 0.3 is 10.8 Å². The molecular weight excluding hydrogens is 520 g/mol. The largest absolute Gasteiger partial charge is 0.502 e. The fraction of sp³-hybridized carbons (Fsp3) is 0.520. The normalized spacial score (nSPS) is 31.3. The van der Waals surface area contributed by atoms with Gasteiger partial charge in [-0.1, -0.05) is 11.3 Å². The van der Waals surface area contributed by atoms with E-state index in [0.29, 0.717) is 0 Å². The van der Waals surface area contributed by atoms with Crippen LogP contribution >= 0.6 is 23.1 Å². The molecule has 2 aliphatic heterocycles. The topological polar surface area (TPSA) is 146 Å². The van der Waals surface area contributed by atoms with Gasteiger partial charge in [-0.15, -0.1) is 11.8 Å². The van der Waals surface area contributed by atoms with Crippen LogP contribution in [0, 0.1) is 29.6 Å². The van der Waals surface area contributed by atoms with Gasteiger partial charge in [-0.3, -0.25) is 24.1 Å². The summed E-state index contributed by atoms with van der Waals surface area (Å²) in [6.45, 7) is 0.120. The Labute approximate surface area is 220 Å². The predicted octanol–water partition coefficient (Wildman–Crippen LogP) is 2.50. The summed E-state index contributed by atoms with van der Waals surface area (Å²) in [6.07, 6.45) is 0.887. The van der Waals surface area contributed by atoms with Gasteiger partial charge in [-0.2, -0.15) is 0 Å². The van der Waals surface area contributed by atoms with Crippen molar-refractivity contribution in [1.29, 1.82) is 0 Å². The molecule has 1 saturated heterocycles. The average molecular weight is 547 g/mol. The van der Waals surface area contributed by atoms with Gasteiger partial charge < -0.3 is 24.7 Å². The van der Waals surface area contributed by atoms with Crippen molar-refractivity contribution in [2.24, 2.45) is 29.6 Å². The number of nitrogens with one attached hydrogen (secondary N) is 1. The van der Waals surface area contributed by atoms with Gasteiger partial charge in [0.15, 0.2) is 11.5 Å². The molecule has 2 aliphatic carbocycles. The number of carboxylic acids is 1. The predicted molar refractivity (Wildman–Crippen MR) is 133 cm³/mol. The number of rotatable bonds is 7. The summed E-state index contributed by atoms with van der Waals surface area (Å²) in [4.78, 5) is 55.2. The monoisotopic (exact) mass is 546 g/mol. The highest BCUT2D eigenvalue weighted by Gasteiger charge is 2.69. The van der Waals surface area contributed by atoms with Crippen LogP contribution in [-0.4, -0.2) is 63.9 Å². The van der Waals surface area contributed by atoms with Gasteiger partial charge in [0.2, 0.25) is 17.6 Å². The zero-order valence-electron chi connectivity index (χ0n) is 20.1. The summed E-state index contributed by atoms with van der Waals surface area (Å²) < 4.78 is 10.8. The minimum atomic E-state index is -0.954. The number of hydrogen-bond acceptors (Lipinski definition) is 9. The number of fused-ring (bicyclic) bond motifs is 9. The smallest absolute Gasteiger partial charge is 0.305 e. The Bertz CT molecular complexity index is 1340. The number of likely N-dealkylation sites (tertiary alicyclic amines) is 1. The number of aliphatic carboxylic acids is 1. The molecule has 37 heavy (non-hydrogen) atoms. The number of benzene rings is 1. The highest BCUT2D eigenvalue weighted by Crippen LogP contribution is 2.68. The van der Waals surface area contributed by atoms with Crippen LogP contribution in [0.1, 0.15) is 35.6 Å². The molecule has 3 fully saturated rings. The summed E-state index contributed by atoms with van der Waals surface area (Å²) in [5.41, 5.74) is 0.817. The number of aromatic nitrogens is 1. The Hall–Kier alpha value is -2.99. The maximum atomic E-state index is 13.5. The van der Waals surface area contributed by atoms with E-state index in [-0.39, 0.29) is 82.2 Å². The van der Waals surface area contributed by atoms with Crippen molar-refractivity contribution < 1.29 is 34.1 Å². The number of carbonyl (C=O) groups excluding carboxylic acids is 2. The Morgan fingerprint density at radius 2 is 1.76 bits per heavy atom. The number of aromatic amines is 1. The molecule has 2 amide bonds. The van der Waals surface area contributed by atoms with E-state index in [1.165, 1.54) is 19.1 Å². The third-order valence-corrected chi connectivity index (χ3v) is 11.0. The second-order valence-corrected chi connectivity index (χ2v) is 12.3. The van der Waals surface area contributed by atoms with Crippen molar-refractivity contribution >= 4 is 40.9 Å². The molecule has 4 aliphatic rings. The first-order valence-electron chi connectivity index (χ1n) is 12.2. The van der Waals surface area contributed by atoms with E-state index < -0.39 is 17.8 Å². The summed E-state index contributed by atoms with van der Waals surface area (Å²) in [5.74, 6) is -2.14. The third-order valence-electron chi connectivity index (χ3n) is 8.45. The van der Waals surface area contributed by atoms with E-state index in [2.05, 4.69) is 4.98 Å². The van der Waals surface area contributed by atoms with Crippen LogP contribution in [0.5, 0.6) is 17.2 Å². The molecule has 10 nitrogen and oxygen atoms in total. The van der Waals surface area contributed by atoms with E-state index >= 15 is 0 Å².